The fourth-order valence-electron chi connectivity index (χ4n) is 6.22. The number of amides is 4. The van der Waals surface area contributed by atoms with Crippen molar-refractivity contribution in [2.45, 2.75) is 81.6 Å². The number of ether oxygens (including phenoxy) is 2. The number of fused-ring (bicyclic) bond motifs is 3. The van der Waals surface area contributed by atoms with Crippen LogP contribution in [-0.4, -0.2) is 88.8 Å². The number of carboxylic acid groups (broad SMARTS) is 1. The van der Waals surface area contributed by atoms with Gasteiger partial charge in [0, 0.05) is 25.4 Å². The summed E-state index contributed by atoms with van der Waals surface area (Å²) in [6.07, 6.45) is 6.00. The second-order valence-corrected chi connectivity index (χ2v) is 11.5. The molecule has 226 valence electrons. The monoisotopic (exact) mass is 582 g/mol. The zero-order valence-electron chi connectivity index (χ0n) is 23.8. The van der Waals surface area contributed by atoms with Gasteiger partial charge in [0.25, 0.3) is 0 Å². The van der Waals surface area contributed by atoms with Gasteiger partial charge in [0.15, 0.2) is 0 Å². The second-order valence-electron chi connectivity index (χ2n) is 11.5. The van der Waals surface area contributed by atoms with Crippen LogP contribution in [0.15, 0.2) is 36.4 Å². The summed E-state index contributed by atoms with van der Waals surface area (Å²) < 4.78 is 10.6. The summed E-state index contributed by atoms with van der Waals surface area (Å²) in [6, 6.07) is 5.85. The molecular formula is C30H38N4O8. The topological polar surface area (TPSA) is 155 Å². The lowest BCUT2D eigenvalue weighted by molar-refractivity contribution is -0.145. The highest BCUT2D eigenvalue weighted by Crippen LogP contribution is 2.45. The first-order valence-corrected chi connectivity index (χ1v) is 14.6. The fraction of sp³-hybridized carbons (Fsp3) is 0.567. The van der Waals surface area contributed by atoms with Crippen LogP contribution in [0.2, 0.25) is 0 Å². The number of aliphatic carboxylic acids is 1. The molecule has 1 aromatic rings. The van der Waals surface area contributed by atoms with E-state index in [4.69, 9.17) is 9.47 Å². The Morgan fingerprint density at radius 2 is 1.90 bits per heavy atom. The van der Waals surface area contributed by atoms with E-state index in [1.54, 1.807) is 4.90 Å². The predicted octanol–water partition coefficient (Wildman–Crippen LogP) is 2.36. The Hall–Kier alpha value is -4.09. The van der Waals surface area contributed by atoms with Gasteiger partial charge in [-0.3, -0.25) is 9.59 Å². The molecule has 5 rings (SSSR count). The number of alkyl carbamates (subject to hydrolysis) is 1. The van der Waals surface area contributed by atoms with Crippen LogP contribution in [0, 0.1) is 5.92 Å². The first-order chi connectivity index (χ1) is 20.2. The third-order valence-corrected chi connectivity index (χ3v) is 8.75. The summed E-state index contributed by atoms with van der Waals surface area (Å²) >= 11 is 0. The summed E-state index contributed by atoms with van der Waals surface area (Å²) in [5, 5.41) is 15.3. The Morgan fingerprint density at radius 1 is 1.12 bits per heavy atom. The van der Waals surface area contributed by atoms with Gasteiger partial charge in [0.05, 0.1) is 13.7 Å². The molecule has 1 aromatic carbocycles. The van der Waals surface area contributed by atoms with Crippen LogP contribution in [0.4, 0.5) is 9.59 Å². The van der Waals surface area contributed by atoms with Crippen molar-refractivity contribution in [2.75, 3.05) is 20.2 Å². The molecule has 1 saturated heterocycles. The highest BCUT2D eigenvalue weighted by atomic mass is 16.6. The van der Waals surface area contributed by atoms with Crippen LogP contribution in [0.3, 0.4) is 0 Å². The van der Waals surface area contributed by atoms with Crippen molar-refractivity contribution in [3.63, 3.8) is 0 Å². The molecule has 0 aromatic heterocycles. The zero-order chi connectivity index (χ0) is 29.9. The molecule has 3 N–H and O–H groups in total. The third kappa shape index (κ3) is 6.22. The van der Waals surface area contributed by atoms with Gasteiger partial charge in [-0.15, -0.1) is 0 Å². The molecule has 1 aliphatic carbocycles. The zero-order valence-corrected chi connectivity index (χ0v) is 23.8. The van der Waals surface area contributed by atoms with Crippen LogP contribution < -0.4 is 10.6 Å². The lowest BCUT2D eigenvalue weighted by Crippen LogP contribution is -2.56. The predicted molar refractivity (Wildman–Crippen MR) is 149 cm³/mol. The minimum atomic E-state index is -1.44. The molecular weight excluding hydrogens is 544 g/mol. The van der Waals surface area contributed by atoms with Crippen molar-refractivity contribution in [3.05, 3.63) is 47.5 Å². The van der Waals surface area contributed by atoms with Gasteiger partial charge in [-0.25, -0.2) is 14.4 Å². The molecule has 0 unspecified atom stereocenters. The van der Waals surface area contributed by atoms with Crippen molar-refractivity contribution in [1.82, 2.24) is 20.4 Å². The average molecular weight is 583 g/mol. The average Bonchev–Trinajstić information content (AvgIpc) is 3.52. The van der Waals surface area contributed by atoms with Gasteiger partial charge >= 0.3 is 18.2 Å². The normalized spacial score (nSPS) is 30.3. The van der Waals surface area contributed by atoms with Gasteiger partial charge in [-0.05, 0) is 43.2 Å². The van der Waals surface area contributed by atoms with Crippen molar-refractivity contribution < 1.29 is 38.6 Å². The Morgan fingerprint density at radius 3 is 2.67 bits per heavy atom. The number of methoxy groups -OCH3 is 1. The molecule has 0 spiro atoms. The largest absolute Gasteiger partial charge is 0.479 e. The molecule has 4 aliphatic rings. The lowest BCUT2D eigenvalue weighted by atomic mass is 10.0. The molecule has 12 heteroatoms. The Labute approximate surface area is 244 Å². The number of nitrogens with zero attached hydrogens (tertiary/aromatic N) is 2. The van der Waals surface area contributed by atoms with E-state index in [-0.39, 0.29) is 25.3 Å². The van der Waals surface area contributed by atoms with E-state index in [2.05, 4.69) is 10.6 Å². The van der Waals surface area contributed by atoms with E-state index < -0.39 is 53.7 Å². The maximum absolute atomic E-state index is 13.8. The van der Waals surface area contributed by atoms with Crippen molar-refractivity contribution in [3.8, 4) is 0 Å². The van der Waals surface area contributed by atoms with Crippen LogP contribution in [-0.2, 0) is 36.8 Å². The van der Waals surface area contributed by atoms with Gasteiger partial charge in [-0.2, -0.15) is 0 Å². The van der Waals surface area contributed by atoms with Crippen molar-refractivity contribution >= 4 is 30.0 Å². The van der Waals surface area contributed by atoms with Gasteiger partial charge in [0.1, 0.15) is 23.7 Å². The van der Waals surface area contributed by atoms with E-state index in [0.29, 0.717) is 32.4 Å². The summed E-state index contributed by atoms with van der Waals surface area (Å²) in [4.78, 5) is 67.9. The third-order valence-electron chi connectivity index (χ3n) is 8.75. The first kappa shape index (κ1) is 29.4. The van der Waals surface area contributed by atoms with Crippen LogP contribution >= 0.6 is 0 Å². The summed E-state index contributed by atoms with van der Waals surface area (Å²) in [7, 11) is 1.21. The van der Waals surface area contributed by atoms with E-state index >= 15 is 0 Å². The van der Waals surface area contributed by atoms with Crippen molar-refractivity contribution in [1.29, 1.82) is 0 Å². The minimum Gasteiger partial charge on any atom is -0.479 e. The summed E-state index contributed by atoms with van der Waals surface area (Å²) in [5.74, 6) is -2.61. The minimum absolute atomic E-state index is 0.00882. The SMILES string of the molecule is COC(=O)N[C@H]1CCCCC/C=C\[C@@H]2C[C@@]2(C(=O)O)NC(=O)[C@@H]2C[C@@H](OC(=O)N3CCc4ccccc4C3)CN2C1=O. The smallest absolute Gasteiger partial charge is 0.410 e. The van der Waals surface area contributed by atoms with Crippen LogP contribution in [0.1, 0.15) is 56.1 Å². The van der Waals surface area contributed by atoms with Crippen molar-refractivity contribution in [2.24, 2.45) is 5.92 Å². The van der Waals surface area contributed by atoms with Gasteiger partial charge in [-0.1, -0.05) is 49.3 Å². The molecule has 1 saturated carbocycles. The Kier molecular flexibility index (Phi) is 8.69. The number of rotatable bonds is 3. The van der Waals surface area contributed by atoms with Crippen LogP contribution in [0.5, 0.6) is 0 Å². The molecule has 3 aliphatic heterocycles. The number of allylic oxidation sites excluding steroid dienone is 1. The Bertz CT molecular complexity index is 1270. The van der Waals surface area contributed by atoms with Gasteiger partial charge in [0.2, 0.25) is 11.8 Å². The highest BCUT2D eigenvalue weighted by Gasteiger charge is 2.61. The summed E-state index contributed by atoms with van der Waals surface area (Å²) in [6.45, 7) is 0.821. The maximum Gasteiger partial charge on any atom is 0.410 e. The lowest BCUT2D eigenvalue weighted by Gasteiger charge is -2.29. The number of nitrogens with one attached hydrogen (secondary N) is 2. The molecule has 5 atom stereocenters. The standard InChI is InChI=1S/C30H38N4O8/c1-41-28(39)31-23-12-6-4-2-3-5-11-21-16-30(21,27(37)38)32-25(35)24-15-22(18-34(24)26(23)36)42-29(40)33-14-13-19-9-7-8-10-20(19)17-33/h5,7-11,21-24H,2-4,6,12-18H2,1H3,(H,31,39)(H,32,35)(H,37,38)/b11-5-/t21-,22-,23+,24+,30-/m1/s1. The highest BCUT2D eigenvalue weighted by molar-refractivity contribution is 5.96. The van der Waals surface area contributed by atoms with Gasteiger partial charge < -0.3 is 35.0 Å². The molecule has 3 heterocycles. The number of carbonyl (C=O) groups excluding carboxylic acids is 4. The number of benzene rings is 1. The fourth-order valence-corrected chi connectivity index (χ4v) is 6.22. The van der Waals surface area contributed by atoms with Crippen LogP contribution in [0.25, 0.3) is 0 Å². The van der Waals surface area contributed by atoms with E-state index in [1.165, 1.54) is 17.6 Å². The number of hydrogen-bond acceptors (Lipinski definition) is 7. The maximum atomic E-state index is 13.8. The van der Waals surface area contributed by atoms with E-state index in [0.717, 1.165) is 24.8 Å². The number of carboxylic acids is 1. The molecule has 2 fully saturated rings. The first-order valence-electron chi connectivity index (χ1n) is 14.6. The molecule has 12 nitrogen and oxygen atoms in total. The molecule has 4 amide bonds. The van der Waals surface area contributed by atoms with E-state index in [9.17, 15) is 29.1 Å². The second kappa shape index (κ2) is 12.4. The number of hydrogen-bond donors (Lipinski definition) is 3. The molecule has 42 heavy (non-hydrogen) atoms. The molecule has 0 radical (unpaired) electrons. The summed E-state index contributed by atoms with van der Waals surface area (Å²) in [5.41, 5.74) is 0.778. The number of carbonyl (C=O) groups is 5. The quantitative estimate of drug-likeness (QED) is 0.459. The molecule has 0 bridgehead atoms. The van der Waals surface area contributed by atoms with E-state index in [1.807, 2.05) is 36.4 Å². The Balaban J connectivity index is 1.36.